The van der Waals surface area contributed by atoms with Crippen LogP contribution in [0.1, 0.15) is 71.9 Å². The Bertz CT molecular complexity index is 1760. The number of aromatic nitrogens is 1. The summed E-state index contributed by atoms with van der Waals surface area (Å²) >= 11 is 0. The molecule has 4 nitrogen and oxygen atoms in total. The van der Waals surface area contributed by atoms with E-state index in [9.17, 15) is 0 Å². The second-order valence-corrected chi connectivity index (χ2v) is 13.8. The minimum Gasteiger partial charge on any atom is -0.377 e. The second kappa shape index (κ2) is 12.0. The molecule has 0 N–H and O–H groups in total. The smallest absolute Gasteiger partial charge is 0.217 e. The SMILES string of the molecule is CCN1/C(=C\C=C2\CCCC(/C=C/C3=[N+](CC)c4ccccc4C3(C)C)=C2[n+]2ccc(N(C)C)cc2)C(C)(C)c2ccccc21. The number of fused-ring (bicyclic) bond motifs is 2. The van der Waals surface area contributed by atoms with E-state index in [-0.39, 0.29) is 10.8 Å². The fourth-order valence-corrected chi connectivity index (χ4v) is 7.76. The highest BCUT2D eigenvalue weighted by Crippen LogP contribution is 2.47. The Morgan fingerprint density at radius 3 is 2.18 bits per heavy atom. The van der Waals surface area contributed by atoms with Gasteiger partial charge in [0.15, 0.2) is 18.1 Å². The molecule has 0 atom stereocenters. The molecule has 2 aliphatic heterocycles. The molecule has 232 valence electrons. The zero-order chi connectivity index (χ0) is 31.9. The molecule has 0 unspecified atom stereocenters. The maximum Gasteiger partial charge on any atom is 0.217 e. The Labute approximate surface area is 271 Å². The van der Waals surface area contributed by atoms with Crippen molar-refractivity contribution in [2.45, 2.75) is 71.6 Å². The minimum absolute atomic E-state index is 0.0469. The number of allylic oxidation sites excluding steroid dienone is 8. The highest BCUT2D eigenvalue weighted by Gasteiger charge is 2.44. The lowest BCUT2D eigenvalue weighted by Gasteiger charge is -2.26. The van der Waals surface area contributed by atoms with Crippen LogP contribution in [0.2, 0.25) is 0 Å². The van der Waals surface area contributed by atoms with Crippen molar-refractivity contribution >= 4 is 28.5 Å². The number of nitrogens with zero attached hydrogens (tertiary/aromatic N) is 4. The van der Waals surface area contributed by atoms with Crippen LogP contribution in [0.25, 0.3) is 5.70 Å². The molecular weight excluding hydrogens is 548 g/mol. The van der Waals surface area contributed by atoms with E-state index in [2.05, 4.69) is 172 Å². The molecule has 6 rings (SSSR count). The first-order chi connectivity index (χ1) is 21.6. The molecule has 0 fully saturated rings. The van der Waals surface area contributed by atoms with Crippen LogP contribution in [0.15, 0.2) is 114 Å². The van der Waals surface area contributed by atoms with Crippen LogP contribution in [-0.2, 0) is 10.8 Å². The van der Waals surface area contributed by atoms with E-state index in [4.69, 9.17) is 0 Å². The number of benzene rings is 2. The number of rotatable bonds is 7. The fourth-order valence-electron chi connectivity index (χ4n) is 7.76. The van der Waals surface area contributed by atoms with Gasteiger partial charge in [-0.05, 0) is 70.7 Å². The molecule has 0 saturated heterocycles. The zero-order valence-corrected chi connectivity index (χ0v) is 28.6. The standard InChI is InChI=1S/C41H50N4/c1-9-44-35-20-13-11-18-33(35)40(3,4)37(44)24-22-30-16-15-17-31(39(30)43-28-26-32(27-29-43)42(7)8)23-25-38-41(5,6)34-19-12-14-21-36(34)45(38)10-2/h11-14,18-29H,9-10,15-17H2,1-8H3/q+2. The predicted molar refractivity (Wildman–Crippen MR) is 191 cm³/mol. The number of pyridine rings is 1. The van der Waals surface area contributed by atoms with Crippen LogP contribution in [0.3, 0.4) is 0 Å². The molecule has 2 aromatic carbocycles. The minimum atomic E-state index is -0.0469. The molecule has 0 saturated carbocycles. The van der Waals surface area contributed by atoms with Crippen LogP contribution < -0.4 is 14.4 Å². The molecule has 0 spiro atoms. The van der Waals surface area contributed by atoms with Crippen molar-refractivity contribution in [3.05, 3.63) is 125 Å². The lowest BCUT2D eigenvalue weighted by Crippen LogP contribution is -2.35. The Balaban J connectivity index is 1.48. The van der Waals surface area contributed by atoms with Crippen LogP contribution in [-0.4, -0.2) is 37.5 Å². The van der Waals surface area contributed by atoms with Gasteiger partial charge in [-0.2, -0.15) is 9.14 Å². The van der Waals surface area contributed by atoms with Crippen molar-refractivity contribution in [1.82, 2.24) is 0 Å². The highest BCUT2D eigenvalue weighted by atomic mass is 15.2. The average Bonchev–Trinajstić information content (AvgIpc) is 3.40. The van der Waals surface area contributed by atoms with Gasteiger partial charge in [0.2, 0.25) is 11.4 Å². The highest BCUT2D eigenvalue weighted by molar-refractivity contribution is 6.03. The van der Waals surface area contributed by atoms with E-state index in [0.717, 1.165) is 32.4 Å². The number of likely N-dealkylation sites (N-methyl/N-ethyl adjacent to an activating group) is 1. The Kier molecular flexibility index (Phi) is 8.20. The molecule has 1 aromatic heterocycles. The molecule has 1 aliphatic carbocycles. The molecule has 45 heavy (non-hydrogen) atoms. The van der Waals surface area contributed by atoms with Gasteiger partial charge in [-0.1, -0.05) is 56.3 Å². The summed E-state index contributed by atoms with van der Waals surface area (Å²) in [4.78, 5) is 4.66. The van der Waals surface area contributed by atoms with Crippen molar-refractivity contribution in [2.75, 3.05) is 37.0 Å². The van der Waals surface area contributed by atoms with Gasteiger partial charge in [0.05, 0.1) is 5.41 Å². The monoisotopic (exact) mass is 598 g/mol. The molecule has 3 aromatic rings. The Morgan fingerprint density at radius 1 is 0.800 bits per heavy atom. The van der Waals surface area contributed by atoms with Crippen molar-refractivity contribution < 1.29 is 9.14 Å². The van der Waals surface area contributed by atoms with Crippen LogP contribution in [0.5, 0.6) is 0 Å². The summed E-state index contributed by atoms with van der Waals surface area (Å²) in [6.07, 6.45) is 17.4. The second-order valence-electron chi connectivity index (χ2n) is 13.8. The summed E-state index contributed by atoms with van der Waals surface area (Å²) < 4.78 is 4.84. The van der Waals surface area contributed by atoms with E-state index in [1.807, 2.05) is 0 Å². The van der Waals surface area contributed by atoms with Crippen molar-refractivity contribution in [2.24, 2.45) is 0 Å². The topological polar surface area (TPSA) is 13.4 Å². The van der Waals surface area contributed by atoms with Gasteiger partial charge >= 0.3 is 0 Å². The lowest BCUT2D eigenvalue weighted by molar-refractivity contribution is -0.580. The third kappa shape index (κ3) is 5.28. The predicted octanol–water partition coefficient (Wildman–Crippen LogP) is 8.72. The summed E-state index contributed by atoms with van der Waals surface area (Å²) in [5, 5.41) is 0. The van der Waals surface area contributed by atoms with Gasteiger partial charge in [0.25, 0.3) is 0 Å². The van der Waals surface area contributed by atoms with E-state index < -0.39 is 0 Å². The first-order valence-corrected chi connectivity index (χ1v) is 16.7. The van der Waals surface area contributed by atoms with Gasteiger partial charge in [-0.3, -0.25) is 0 Å². The maximum atomic E-state index is 2.49. The summed E-state index contributed by atoms with van der Waals surface area (Å²) in [6, 6.07) is 22.2. The molecule has 3 heterocycles. The summed E-state index contributed by atoms with van der Waals surface area (Å²) in [5.41, 5.74) is 13.4. The summed E-state index contributed by atoms with van der Waals surface area (Å²) in [5.74, 6) is 0. The number of hydrogen-bond acceptors (Lipinski definition) is 2. The van der Waals surface area contributed by atoms with Crippen molar-refractivity contribution in [3.8, 4) is 0 Å². The van der Waals surface area contributed by atoms with Gasteiger partial charge in [-0.15, -0.1) is 0 Å². The summed E-state index contributed by atoms with van der Waals surface area (Å²) in [7, 11) is 4.20. The third-order valence-electron chi connectivity index (χ3n) is 10.2. The van der Waals surface area contributed by atoms with Gasteiger partial charge < -0.3 is 9.80 Å². The normalized spacial score (nSPS) is 20.5. The quantitative estimate of drug-likeness (QED) is 0.252. The van der Waals surface area contributed by atoms with E-state index >= 15 is 0 Å². The third-order valence-corrected chi connectivity index (χ3v) is 10.2. The average molecular weight is 599 g/mol. The van der Waals surface area contributed by atoms with E-state index in [1.165, 1.54) is 56.4 Å². The first kappa shape index (κ1) is 30.8. The van der Waals surface area contributed by atoms with Gasteiger partial charge in [-0.25, -0.2) is 0 Å². The number of para-hydroxylation sites is 2. The molecule has 3 aliphatic rings. The Morgan fingerprint density at radius 2 is 1.49 bits per heavy atom. The molecule has 0 bridgehead atoms. The first-order valence-electron chi connectivity index (χ1n) is 16.7. The lowest BCUT2D eigenvalue weighted by atomic mass is 9.81. The number of anilines is 2. The molecular formula is C41H50N4+2. The van der Waals surface area contributed by atoms with E-state index in [0.29, 0.717) is 0 Å². The van der Waals surface area contributed by atoms with Crippen LogP contribution >= 0.6 is 0 Å². The Hall–Kier alpha value is -4.18. The van der Waals surface area contributed by atoms with Crippen LogP contribution in [0.4, 0.5) is 17.1 Å². The molecule has 4 heteroatoms. The zero-order valence-electron chi connectivity index (χ0n) is 28.6. The molecule has 0 radical (unpaired) electrons. The van der Waals surface area contributed by atoms with Crippen molar-refractivity contribution in [1.29, 1.82) is 0 Å². The fraction of sp³-hybridized carbons (Fsp3) is 0.366. The summed E-state index contributed by atoms with van der Waals surface area (Å²) in [6.45, 7) is 15.9. The molecule has 0 amide bonds. The van der Waals surface area contributed by atoms with E-state index in [1.54, 1.807) is 0 Å². The maximum absolute atomic E-state index is 2.49. The van der Waals surface area contributed by atoms with Gasteiger partial charge in [0, 0.05) is 84.1 Å². The number of hydrogen-bond donors (Lipinski definition) is 0. The van der Waals surface area contributed by atoms with Gasteiger partial charge in [0.1, 0.15) is 6.54 Å². The largest absolute Gasteiger partial charge is 0.377 e. The van der Waals surface area contributed by atoms with Crippen LogP contribution in [0, 0.1) is 0 Å². The van der Waals surface area contributed by atoms with Crippen molar-refractivity contribution in [3.63, 3.8) is 0 Å².